The average Bonchev–Trinajstić information content (AvgIpc) is 3.32. The molecule has 13 heteroatoms. The van der Waals surface area contributed by atoms with Gasteiger partial charge in [-0.1, -0.05) is 115 Å². The van der Waals surface area contributed by atoms with E-state index in [1.54, 1.807) is 84.9 Å². The number of rotatable bonds is 17. The number of fused-ring (bicyclic) bond motifs is 2. The predicted octanol–water partition coefficient (Wildman–Crippen LogP) is 11.1. The Morgan fingerprint density at radius 3 is 1.54 bits per heavy atom. The smallest absolute Gasteiger partial charge is 0.335 e. The third-order valence-electron chi connectivity index (χ3n) is 11.4. The van der Waals surface area contributed by atoms with Gasteiger partial charge in [0.05, 0.1) is 32.3 Å². The molecular formula is C54H51N3O8S2. The number of hydrogen-bond acceptors (Lipinski definition) is 7. The fourth-order valence-electron chi connectivity index (χ4n) is 7.99. The molecule has 0 aliphatic heterocycles. The maximum atomic E-state index is 13.5. The van der Waals surface area contributed by atoms with E-state index < -0.39 is 32.0 Å². The molecule has 0 unspecified atom stereocenters. The van der Waals surface area contributed by atoms with Gasteiger partial charge in [-0.05, 0) is 132 Å². The lowest BCUT2D eigenvalue weighted by Crippen LogP contribution is -2.15. The molecule has 8 rings (SSSR count). The van der Waals surface area contributed by atoms with Crippen LogP contribution >= 0.6 is 0 Å². The zero-order valence-electron chi connectivity index (χ0n) is 37.1. The fourth-order valence-corrected chi connectivity index (χ4v) is 10.4. The van der Waals surface area contributed by atoms with Crippen LogP contribution in [-0.2, 0) is 45.7 Å². The summed E-state index contributed by atoms with van der Waals surface area (Å²) in [5.74, 6) is -1.89. The number of benzene rings is 8. The number of hydrogen-bond donors (Lipinski definition) is 4. The van der Waals surface area contributed by atoms with E-state index >= 15 is 0 Å². The Balaban J connectivity index is 0.000000200. The van der Waals surface area contributed by atoms with Gasteiger partial charge in [0.25, 0.3) is 20.0 Å². The number of carboxylic acid groups (broad SMARTS) is 2. The Bertz CT molecular complexity index is 3300. The second-order valence-electron chi connectivity index (χ2n) is 16.3. The molecule has 0 amide bonds. The van der Waals surface area contributed by atoms with Crippen LogP contribution in [-0.4, -0.2) is 53.1 Å². The van der Waals surface area contributed by atoms with Crippen LogP contribution in [0, 0.1) is 0 Å². The van der Waals surface area contributed by atoms with Crippen molar-refractivity contribution in [3.05, 3.63) is 209 Å². The van der Waals surface area contributed by atoms with Crippen molar-refractivity contribution < 1.29 is 36.6 Å². The van der Waals surface area contributed by atoms with Gasteiger partial charge in [-0.15, -0.1) is 0 Å². The minimum absolute atomic E-state index is 0.219. The number of anilines is 3. The molecule has 0 aliphatic rings. The van der Waals surface area contributed by atoms with E-state index in [1.165, 1.54) is 0 Å². The quantitative estimate of drug-likeness (QED) is 0.0694. The minimum atomic E-state index is -3.83. The number of para-hydroxylation sites is 2. The molecule has 4 N–H and O–H groups in total. The number of sulfonamides is 2. The van der Waals surface area contributed by atoms with Crippen molar-refractivity contribution >= 4 is 70.6 Å². The van der Waals surface area contributed by atoms with Gasteiger partial charge in [-0.25, -0.2) is 26.4 Å². The Labute approximate surface area is 391 Å². The molecule has 0 fully saturated rings. The predicted molar refractivity (Wildman–Crippen MR) is 268 cm³/mol. The fraction of sp³-hybridized carbons (Fsp3) is 0.148. The molecule has 0 aliphatic carbocycles. The van der Waals surface area contributed by atoms with Crippen LogP contribution in [0.25, 0.3) is 21.5 Å². The van der Waals surface area contributed by atoms with Gasteiger partial charge in [0.1, 0.15) is 0 Å². The second-order valence-corrected chi connectivity index (χ2v) is 19.6. The number of aryl methyl sites for hydroxylation is 4. The molecule has 8 aromatic rings. The van der Waals surface area contributed by atoms with Gasteiger partial charge >= 0.3 is 11.9 Å². The lowest BCUT2D eigenvalue weighted by Gasteiger charge is -2.18. The van der Waals surface area contributed by atoms with Crippen molar-refractivity contribution in [2.24, 2.45) is 0 Å². The molecule has 342 valence electrons. The molecule has 0 radical (unpaired) electrons. The van der Waals surface area contributed by atoms with E-state index in [-0.39, 0.29) is 20.9 Å². The van der Waals surface area contributed by atoms with Gasteiger partial charge in [0.15, 0.2) is 0 Å². The summed E-state index contributed by atoms with van der Waals surface area (Å²) >= 11 is 0. The first-order chi connectivity index (χ1) is 32.2. The molecule has 0 spiro atoms. The van der Waals surface area contributed by atoms with Crippen LogP contribution in [0.3, 0.4) is 0 Å². The van der Waals surface area contributed by atoms with E-state index in [4.69, 9.17) is 5.11 Å². The molecular weight excluding hydrogens is 883 g/mol. The first-order valence-corrected chi connectivity index (χ1v) is 24.7. The van der Waals surface area contributed by atoms with Crippen LogP contribution < -0.4 is 14.3 Å². The largest absolute Gasteiger partial charge is 0.478 e. The molecule has 67 heavy (non-hydrogen) atoms. The zero-order valence-corrected chi connectivity index (χ0v) is 38.7. The topological polar surface area (TPSA) is 170 Å². The molecule has 0 bridgehead atoms. The van der Waals surface area contributed by atoms with E-state index in [0.717, 1.165) is 56.9 Å². The molecule has 11 nitrogen and oxygen atoms in total. The Kier molecular flexibility index (Phi) is 15.0. The zero-order chi connectivity index (χ0) is 47.6. The first-order valence-electron chi connectivity index (χ1n) is 21.7. The third kappa shape index (κ3) is 12.1. The lowest BCUT2D eigenvalue weighted by molar-refractivity contribution is 0.0686. The van der Waals surface area contributed by atoms with Crippen LogP contribution in [0.5, 0.6) is 0 Å². The van der Waals surface area contributed by atoms with Crippen molar-refractivity contribution in [1.82, 2.24) is 0 Å². The van der Waals surface area contributed by atoms with E-state index in [1.807, 2.05) is 110 Å². The first kappa shape index (κ1) is 47.5. The number of aromatic carboxylic acids is 2. The number of carbonyl (C=O) groups is 2. The summed E-state index contributed by atoms with van der Waals surface area (Å²) in [7, 11) is -3.70. The normalized spacial score (nSPS) is 11.4. The molecule has 0 atom stereocenters. The standard InChI is InChI=1S/C28H28N2O4S.C26H23NO4S/c1-30(2)26-17-7-15-24-23(26)14-8-18-27(24)35(33,34)29-25-16-4-3-11-21(25)12-5-9-20-10-6-13-22(19-20)28(31)32;28-26(29)23-13-6-8-19(17-23)7-5-12-21-10-3-4-14-25(21)27-32(30,31)24-16-15-20-9-1-2-11-22(20)18-24/h3-4,6-8,10-11,13-19,29H,5,9,12H2,1-2H3,(H,31,32);1-4,6,8-11,13-18,27H,5,7,12H2,(H,28,29). The summed E-state index contributed by atoms with van der Waals surface area (Å²) in [5.41, 5.74) is 6.26. The van der Waals surface area contributed by atoms with Gasteiger partial charge in [-0.3, -0.25) is 9.44 Å². The molecule has 8 aromatic carbocycles. The van der Waals surface area contributed by atoms with E-state index in [0.29, 0.717) is 42.4 Å². The van der Waals surface area contributed by atoms with Crippen molar-refractivity contribution in [1.29, 1.82) is 0 Å². The Morgan fingerprint density at radius 1 is 0.478 bits per heavy atom. The molecule has 0 saturated carbocycles. The van der Waals surface area contributed by atoms with Crippen molar-refractivity contribution in [3.63, 3.8) is 0 Å². The summed E-state index contributed by atoms with van der Waals surface area (Å²) < 4.78 is 58.5. The van der Waals surface area contributed by atoms with Gasteiger partial charge in [0, 0.05) is 30.6 Å². The minimum Gasteiger partial charge on any atom is -0.478 e. The second kappa shape index (κ2) is 21.2. The highest BCUT2D eigenvalue weighted by atomic mass is 32.2. The Morgan fingerprint density at radius 2 is 0.970 bits per heavy atom. The van der Waals surface area contributed by atoms with Crippen LogP contribution in [0.4, 0.5) is 17.1 Å². The van der Waals surface area contributed by atoms with E-state index in [2.05, 4.69) is 9.44 Å². The number of nitrogens with one attached hydrogen (secondary N) is 2. The molecule has 0 aromatic heterocycles. The molecule has 0 saturated heterocycles. The third-order valence-corrected chi connectivity index (χ3v) is 14.1. The summed E-state index contributed by atoms with van der Waals surface area (Å²) in [4.78, 5) is 24.8. The van der Waals surface area contributed by atoms with Crippen LogP contribution in [0.1, 0.15) is 55.8 Å². The highest BCUT2D eigenvalue weighted by Gasteiger charge is 2.21. The number of carboxylic acids is 2. The van der Waals surface area contributed by atoms with Gasteiger partial charge in [0.2, 0.25) is 0 Å². The molecule has 0 heterocycles. The maximum Gasteiger partial charge on any atom is 0.335 e. The Hall–Kier alpha value is -7.48. The number of nitrogens with zero attached hydrogens (tertiary/aromatic N) is 1. The highest BCUT2D eigenvalue weighted by Crippen LogP contribution is 2.32. The van der Waals surface area contributed by atoms with Crippen LogP contribution in [0.2, 0.25) is 0 Å². The summed E-state index contributed by atoms with van der Waals surface area (Å²) in [5, 5.41) is 21.7. The van der Waals surface area contributed by atoms with Gasteiger partial charge in [-0.2, -0.15) is 0 Å². The summed E-state index contributed by atoms with van der Waals surface area (Å²) in [6.07, 6.45) is 4.22. The van der Waals surface area contributed by atoms with Crippen molar-refractivity contribution in [3.8, 4) is 0 Å². The monoisotopic (exact) mass is 933 g/mol. The lowest BCUT2D eigenvalue weighted by atomic mass is 10.0. The highest BCUT2D eigenvalue weighted by molar-refractivity contribution is 7.93. The van der Waals surface area contributed by atoms with Crippen LogP contribution in [0.15, 0.2) is 186 Å². The van der Waals surface area contributed by atoms with Gasteiger partial charge < -0.3 is 15.1 Å². The summed E-state index contributed by atoms with van der Waals surface area (Å²) in [6.45, 7) is 0. The van der Waals surface area contributed by atoms with Crippen molar-refractivity contribution in [2.75, 3.05) is 28.4 Å². The SMILES string of the molecule is CN(C)c1cccc2c(S(=O)(=O)Nc3ccccc3CCCc3cccc(C(=O)O)c3)cccc12.O=C(O)c1cccc(CCCc2ccccc2NS(=O)(=O)c2ccc3ccccc3c2)c1. The average molecular weight is 934 g/mol. The van der Waals surface area contributed by atoms with E-state index in [9.17, 15) is 31.5 Å². The van der Waals surface area contributed by atoms with Crippen molar-refractivity contribution in [2.45, 2.75) is 48.3 Å². The summed E-state index contributed by atoms with van der Waals surface area (Å²) in [6, 6.07) is 52.3. The maximum absolute atomic E-state index is 13.5.